The van der Waals surface area contributed by atoms with E-state index < -0.39 is 5.60 Å². The van der Waals surface area contributed by atoms with Crippen LogP contribution < -0.4 is 5.73 Å². The summed E-state index contributed by atoms with van der Waals surface area (Å²) in [6, 6.07) is 0. The quantitative estimate of drug-likeness (QED) is 0.801. The molecule has 1 saturated heterocycles. The van der Waals surface area contributed by atoms with Crippen molar-refractivity contribution in [3.63, 3.8) is 0 Å². The summed E-state index contributed by atoms with van der Waals surface area (Å²) in [5.74, 6) is 0.654. The van der Waals surface area contributed by atoms with Gasteiger partial charge in [0.05, 0.1) is 9.86 Å². The highest BCUT2D eigenvalue weighted by Gasteiger charge is 2.34. The highest BCUT2D eigenvalue weighted by molar-refractivity contribution is 9.10. The first-order chi connectivity index (χ1) is 11.2. The molecule has 1 aliphatic heterocycles. The van der Waals surface area contributed by atoms with Crippen molar-refractivity contribution in [2.24, 2.45) is 7.05 Å². The summed E-state index contributed by atoms with van der Waals surface area (Å²) in [4.78, 5) is 22.4. The summed E-state index contributed by atoms with van der Waals surface area (Å²) < 4.78 is 8.41. The molecule has 3 heterocycles. The van der Waals surface area contributed by atoms with Gasteiger partial charge in [-0.25, -0.2) is 14.8 Å². The number of amides is 1. The first-order valence-electron chi connectivity index (χ1n) is 7.91. The highest BCUT2D eigenvalue weighted by atomic mass is 79.9. The van der Waals surface area contributed by atoms with E-state index in [4.69, 9.17) is 10.5 Å². The number of halogens is 1. The lowest BCUT2D eigenvalue weighted by molar-refractivity contribution is 0.0292. The number of carbonyl (C=O) groups excluding carboxylic acids is 1. The number of rotatable bonds is 1. The second-order valence-electron chi connectivity index (χ2n) is 7.13. The minimum atomic E-state index is -0.487. The molecule has 0 aromatic carbocycles. The third-order valence-corrected chi connectivity index (χ3v) is 5.01. The lowest BCUT2D eigenvalue weighted by atomic mass is 10.0. The summed E-state index contributed by atoms with van der Waals surface area (Å²) >= 11 is 3.65. The van der Waals surface area contributed by atoms with Crippen molar-refractivity contribution >= 4 is 38.9 Å². The Morgan fingerprint density at radius 1 is 1.42 bits per heavy atom. The van der Waals surface area contributed by atoms with E-state index in [2.05, 4.69) is 25.9 Å². The van der Waals surface area contributed by atoms with E-state index in [9.17, 15) is 4.79 Å². The smallest absolute Gasteiger partial charge is 0.410 e. The molecule has 2 aromatic heterocycles. The van der Waals surface area contributed by atoms with Crippen LogP contribution in [0.3, 0.4) is 0 Å². The Kier molecular flexibility index (Phi) is 4.19. The van der Waals surface area contributed by atoms with Crippen LogP contribution in [-0.4, -0.2) is 44.2 Å². The molecule has 1 unspecified atom stereocenters. The molecule has 0 bridgehead atoms. The molecular weight excluding hydrogens is 374 g/mol. The SMILES string of the molecule is Cn1c(C2CCN(C(=O)OC(C)(C)C)C2)c(Br)c2c(N)ncnc21. The maximum atomic E-state index is 12.3. The van der Waals surface area contributed by atoms with Gasteiger partial charge in [0.1, 0.15) is 23.4 Å². The Bertz CT molecular complexity index is 796. The van der Waals surface area contributed by atoms with Gasteiger partial charge < -0.3 is 19.9 Å². The first kappa shape index (κ1) is 17.0. The number of fused-ring (bicyclic) bond motifs is 1. The number of nitrogens with two attached hydrogens (primary N) is 1. The number of hydrogen-bond acceptors (Lipinski definition) is 5. The summed E-state index contributed by atoms with van der Waals surface area (Å²) in [5, 5.41) is 0.825. The van der Waals surface area contributed by atoms with Gasteiger partial charge in [-0.1, -0.05) is 0 Å². The number of nitrogen functional groups attached to an aromatic ring is 1. The number of carbonyl (C=O) groups is 1. The molecule has 8 heteroatoms. The van der Waals surface area contributed by atoms with Gasteiger partial charge in [-0.2, -0.15) is 0 Å². The fourth-order valence-corrected chi connectivity index (χ4v) is 4.14. The zero-order chi connectivity index (χ0) is 17.6. The minimum absolute atomic E-state index is 0.200. The number of aromatic nitrogens is 3. The van der Waals surface area contributed by atoms with Gasteiger partial charge in [0.25, 0.3) is 0 Å². The molecule has 0 radical (unpaired) electrons. The number of nitrogens with zero attached hydrogens (tertiary/aromatic N) is 4. The normalized spacial score (nSPS) is 18.4. The molecule has 1 aliphatic rings. The molecule has 7 nitrogen and oxygen atoms in total. The van der Waals surface area contributed by atoms with Crippen LogP contribution in [0.1, 0.15) is 38.8 Å². The van der Waals surface area contributed by atoms with Crippen LogP contribution in [0.25, 0.3) is 11.0 Å². The predicted molar refractivity (Wildman–Crippen MR) is 95.8 cm³/mol. The largest absolute Gasteiger partial charge is 0.444 e. The van der Waals surface area contributed by atoms with E-state index in [0.29, 0.717) is 18.9 Å². The van der Waals surface area contributed by atoms with Crippen molar-refractivity contribution in [2.45, 2.75) is 38.7 Å². The van der Waals surface area contributed by atoms with Gasteiger partial charge in [0.2, 0.25) is 0 Å². The van der Waals surface area contributed by atoms with E-state index in [1.807, 2.05) is 32.4 Å². The summed E-state index contributed by atoms with van der Waals surface area (Å²) in [6.45, 7) is 6.92. The van der Waals surface area contributed by atoms with Crippen molar-refractivity contribution in [1.29, 1.82) is 0 Å². The van der Waals surface area contributed by atoms with Crippen LogP contribution in [0.15, 0.2) is 10.8 Å². The van der Waals surface area contributed by atoms with Crippen molar-refractivity contribution in [3.8, 4) is 0 Å². The van der Waals surface area contributed by atoms with Crippen LogP contribution in [0.4, 0.5) is 10.6 Å². The third kappa shape index (κ3) is 2.94. The van der Waals surface area contributed by atoms with Crippen LogP contribution in [0.2, 0.25) is 0 Å². The summed E-state index contributed by atoms with van der Waals surface area (Å²) in [7, 11) is 1.96. The molecule has 2 N–H and O–H groups in total. The molecule has 0 aliphatic carbocycles. The lowest BCUT2D eigenvalue weighted by Gasteiger charge is -2.24. The highest BCUT2D eigenvalue weighted by Crippen LogP contribution is 2.39. The fraction of sp³-hybridized carbons (Fsp3) is 0.562. The number of likely N-dealkylation sites (tertiary alicyclic amines) is 1. The van der Waals surface area contributed by atoms with Gasteiger partial charge >= 0.3 is 6.09 Å². The van der Waals surface area contributed by atoms with Gasteiger partial charge in [-0.15, -0.1) is 0 Å². The van der Waals surface area contributed by atoms with E-state index in [1.165, 1.54) is 6.33 Å². The monoisotopic (exact) mass is 395 g/mol. The van der Waals surface area contributed by atoms with Crippen LogP contribution >= 0.6 is 15.9 Å². The molecule has 0 spiro atoms. The van der Waals surface area contributed by atoms with E-state index in [-0.39, 0.29) is 12.0 Å². The molecule has 1 fully saturated rings. The van der Waals surface area contributed by atoms with E-state index >= 15 is 0 Å². The molecule has 1 amide bonds. The Morgan fingerprint density at radius 3 is 2.75 bits per heavy atom. The summed E-state index contributed by atoms with van der Waals surface area (Å²) in [5.41, 5.74) is 7.40. The van der Waals surface area contributed by atoms with Gasteiger partial charge in [0, 0.05) is 31.7 Å². The predicted octanol–water partition coefficient (Wildman–Crippen LogP) is 3.04. The van der Waals surface area contributed by atoms with E-state index in [0.717, 1.165) is 27.6 Å². The zero-order valence-electron chi connectivity index (χ0n) is 14.3. The second-order valence-corrected chi connectivity index (χ2v) is 7.92. The van der Waals surface area contributed by atoms with Gasteiger partial charge in [-0.3, -0.25) is 0 Å². The zero-order valence-corrected chi connectivity index (χ0v) is 15.9. The van der Waals surface area contributed by atoms with Gasteiger partial charge in [0.15, 0.2) is 0 Å². The molecule has 2 aromatic rings. The lowest BCUT2D eigenvalue weighted by Crippen LogP contribution is -2.35. The Hall–Kier alpha value is -1.83. The Balaban J connectivity index is 1.88. The number of aryl methyl sites for hydroxylation is 1. The third-order valence-electron chi connectivity index (χ3n) is 4.21. The second kappa shape index (κ2) is 5.91. The maximum Gasteiger partial charge on any atom is 0.410 e. The van der Waals surface area contributed by atoms with Crippen molar-refractivity contribution < 1.29 is 9.53 Å². The molecule has 130 valence electrons. The number of anilines is 1. The van der Waals surface area contributed by atoms with Crippen LogP contribution in [0, 0.1) is 0 Å². The number of hydrogen-bond donors (Lipinski definition) is 1. The van der Waals surface area contributed by atoms with Gasteiger partial charge in [-0.05, 0) is 43.1 Å². The first-order valence-corrected chi connectivity index (χ1v) is 8.70. The molecule has 0 saturated carbocycles. The van der Waals surface area contributed by atoms with Crippen molar-refractivity contribution in [1.82, 2.24) is 19.4 Å². The topological polar surface area (TPSA) is 86.3 Å². The molecule has 3 rings (SSSR count). The van der Waals surface area contributed by atoms with E-state index in [1.54, 1.807) is 4.90 Å². The average Bonchev–Trinajstić information content (AvgIpc) is 3.02. The maximum absolute atomic E-state index is 12.3. The van der Waals surface area contributed by atoms with Crippen molar-refractivity contribution in [3.05, 3.63) is 16.5 Å². The minimum Gasteiger partial charge on any atom is -0.444 e. The molecule has 24 heavy (non-hydrogen) atoms. The number of ether oxygens (including phenoxy) is 1. The van der Waals surface area contributed by atoms with Crippen molar-refractivity contribution in [2.75, 3.05) is 18.8 Å². The Labute approximate surface area is 149 Å². The fourth-order valence-electron chi connectivity index (χ4n) is 3.17. The molecule has 1 atom stereocenters. The standard InChI is InChI=1S/C16H22BrN5O2/c1-16(2,3)24-15(23)22-6-5-9(7-22)12-11(17)10-13(18)19-8-20-14(10)21(12)4/h8-9H,5-7H2,1-4H3,(H2,18,19,20). The summed E-state index contributed by atoms with van der Waals surface area (Å²) in [6.07, 6.45) is 2.07. The molecular formula is C16H22BrN5O2. The average molecular weight is 396 g/mol. The van der Waals surface area contributed by atoms with Crippen LogP contribution in [0.5, 0.6) is 0 Å². The van der Waals surface area contributed by atoms with Crippen LogP contribution in [-0.2, 0) is 11.8 Å². The Morgan fingerprint density at radius 2 is 2.12 bits per heavy atom.